The van der Waals surface area contributed by atoms with E-state index in [2.05, 4.69) is 41.5 Å². The SMILES string of the molecule is CCNC(=O)Nc1cn2c(-c3ncccn3)cc(Br)cc2n1. The van der Waals surface area contributed by atoms with Gasteiger partial charge in [0.05, 0.1) is 11.9 Å². The minimum atomic E-state index is -0.289. The highest BCUT2D eigenvalue weighted by molar-refractivity contribution is 9.10. The largest absolute Gasteiger partial charge is 0.338 e. The summed E-state index contributed by atoms with van der Waals surface area (Å²) in [7, 11) is 0. The highest BCUT2D eigenvalue weighted by Gasteiger charge is 2.12. The molecule has 0 aliphatic carbocycles. The van der Waals surface area contributed by atoms with Crippen molar-refractivity contribution in [1.82, 2.24) is 24.7 Å². The molecule has 0 saturated heterocycles. The number of amides is 2. The molecule has 7 nitrogen and oxygen atoms in total. The number of hydrogen-bond acceptors (Lipinski definition) is 4. The van der Waals surface area contributed by atoms with Crippen LogP contribution in [0.15, 0.2) is 41.3 Å². The van der Waals surface area contributed by atoms with Gasteiger partial charge in [0, 0.05) is 23.4 Å². The molecule has 0 bridgehead atoms. The zero-order valence-electron chi connectivity index (χ0n) is 11.7. The minimum absolute atomic E-state index is 0.289. The summed E-state index contributed by atoms with van der Waals surface area (Å²) >= 11 is 3.46. The number of urea groups is 1. The van der Waals surface area contributed by atoms with Crippen molar-refractivity contribution in [3.8, 4) is 11.5 Å². The van der Waals surface area contributed by atoms with Crippen molar-refractivity contribution >= 4 is 33.4 Å². The summed E-state index contributed by atoms with van der Waals surface area (Å²) in [5.41, 5.74) is 1.46. The molecule has 8 heteroatoms. The van der Waals surface area contributed by atoms with Crippen LogP contribution in [-0.4, -0.2) is 31.9 Å². The van der Waals surface area contributed by atoms with Crippen LogP contribution < -0.4 is 10.6 Å². The fraction of sp³-hybridized carbons (Fsp3) is 0.143. The summed E-state index contributed by atoms with van der Waals surface area (Å²) in [4.78, 5) is 24.5. The molecule has 0 saturated carbocycles. The number of carbonyl (C=O) groups is 1. The molecule has 0 radical (unpaired) electrons. The lowest BCUT2D eigenvalue weighted by Gasteiger charge is -2.04. The Hall–Kier alpha value is -2.48. The normalized spacial score (nSPS) is 10.6. The average Bonchev–Trinajstić information content (AvgIpc) is 2.89. The van der Waals surface area contributed by atoms with Gasteiger partial charge in [0.15, 0.2) is 11.6 Å². The van der Waals surface area contributed by atoms with Gasteiger partial charge in [-0.25, -0.2) is 19.7 Å². The van der Waals surface area contributed by atoms with Crippen molar-refractivity contribution in [3.63, 3.8) is 0 Å². The topological polar surface area (TPSA) is 84.2 Å². The van der Waals surface area contributed by atoms with Gasteiger partial charge in [-0.1, -0.05) is 15.9 Å². The van der Waals surface area contributed by atoms with Crippen LogP contribution in [0.2, 0.25) is 0 Å². The molecule has 2 amide bonds. The van der Waals surface area contributed by atoms with E-state index < -0.39 is 0 Å². The average molecular weight is 361 g/mol. The Kier molecular flexibility index (Phi) is 4.01. The van der Waals surface area contributed by atoms with E-state index in [0.717, 1.165) is 10.2 Å². The zero-order chi connectivity index (χ0) is 15.5. The Labute approximate surface area is 134 Å². The molecule has 0 unspecified atom stereocenters. The van der Waals surface area contributed by atoms with Crippen LogP contribution in [0.4, 0.5) is 10.6 Å². The Morgan fingerprint density at radius 1 is 1.32 bits per heavy atom. The lowest BCUT2D eigenvalue weighted by atomic mass is 10.3. The first-order valence-corrected chi connectivity index (χ1v) is 7.47. The highest BCUT2D eigenvalue weighted by Crippen LogP contribution is 2.24. The maximum Gasteiger partial charge on any atom is 0.320 e. The number of aromatic nitrogens is 4. The first-order valence-electron chi connectivity index (χ1n) is 6.68. The van der Waals surface area contributed by atoms with Gasteiger partial charge in [-0.05, 0) is 25.1 Å². The van der Waals surface area contributed by atoms with Gasteiger partial charge >= 0.3 is 6.03 Å². The second-order valence-corrected chi connectivity index (χ2v) is 5.39. The van der Waals surface area contributed by atoms with Gasteiger partial charge in [0.2, 0.25) is 0 Å². The number of carbonyl (C=O) groups excluding carboxylic acids is 1. The van der Waals surface area contributed by atoms with E-state index in [4.69, 9.17) is 0 Å². The van der Waals surface area contributed by atoms with E-state index in [1.165, 1.54) is 0 Å². The first-order chi connectivity index (χ1) is 10.7. The Bertz CT molecular complexity index is 817. The molecule has 3 heterocycles. The summed E-state index contributed by atoms with van der Waals surface area (Å²) in [6.07, 6.45) is 5.10. The minimum Gasteiger partial charge on any atom is -0.338 e. The summed E-state index contributed by atoms with van der Waals surface area (Å²) in [5.74, 6) is 1.04. The zero-order valence-corrected chi connectivity index (χ0v) is 13.3. The Balaban J connectivity index is 2.06. The number of fused-ring (bicyclic) bond motifs is 1. The third-order valence-corrected chi connectivity index (χ3v) is 3.37. The van der Waals surface area contributed by atoms with Crippen LogP contribution in [0.25, 0.3) is 17.2 Å². The fourth-order valence-corrected chi connectivity index (χ4v) is 2.46. The van der Waals surface area contributed by atoms with E-state index in [1.54, 1.807) is 24.7 Å². The van der Waals surface area contributed by atoms with Crippen molar-refractivity contribution in [2.24, 2.45) is 0 Å². The van der Waals surface area contributed by atoms with Crippen LogP contribution in [0.3, 0.4) is 0 Å². The van der Waals surface area contributed by atoms with E-state index in [1.807, 2.05) is 23.5 Å². The van der Waals surface area contributed by atoms with E-state index >= 15 is 0 Å². The second kappa shape index (κ2) is 6.10. The van der Waals surface area contributed by atoms with Gasteiger partial charge in [-0.3, -0.25) is 9.72 Å². The van der Waals surface area contributed by atoms with E-state index in [9.17, 15) is 4.79 Å². The lowest BCUT2D eigenvalue weighted by Crippen LogP contribution is -2.28. The molecule has 0 aliphatic rings. The number of imidazole rings is 1. The van der Waals surface area contributed by atoms with Crippen molar-refractivity contribution in [2.75, 3.05) is 11.9 Å². The smallest absolute Gasteiger partial charge is 0.320 e. The van der Waals surface area contributed by atoms with Gasteiger partial charge in [-0.2, -0.15) is 0 Å². The number of nitrogens with zero attached hydrogens (tertiary/aromatic N) is 4. The molecule has 0 fully saturated rings. The molecular formula is C14H13BrN6O. The monoisotopic (exact) mass is 360 g/mol. The van der Waals surface area contributed by atoms with Crippen LogP contribution >= 0.6 is 15.9 Å². The van der Waals surface area contributed by atoms with Crippen molar-refractivity contribution in [1.29, 1.82) is 0 Å². The number of halogens is 1. The number of nitrogens with one attached hydrogen (secondary N) is 2. The summed E-state index contributed by atoms with van der Waals surface area (Å²) in [6.45, 7) is 2.40. The number of anilines is 1. The molecule has 2 N–H and O–H groups in total. The molecule has 3 rings (SSSR count). The predicted octanol–water partition coefficient (Wildman–Crippen LogP) is 2.70. The van der Waals surface area contributed by atoms with Gasteiger partial charge < -0.3 is 5.32 Å². The summed E-state index contributed by atoms with van der Waals surface area (Å²) in [5, 5.41) is 5.36. The highest BCUT2D eigenvalue weighted by atomic mass is 79.9. The van der Waals surface area contributed by atoms with Gasteiger partial charge in [0.25, 0.3) is 0 Å². The van der Waals surface area contributed by atoms with Crippen LogP contribution in [0.5, 0.6) is 0 Å². The standard InChI is InChI=1S/C14H13BrN6O/c1-2-16-14(22)20-11-8-21-10(13-17-4-3-5-18-13)6-9(15)7-12(21)19-11/h3-8H,2H2,1H3,(H2,16,20,22). The lowest BCUT2D eigenvalue weighted by molar-refractivity contribution is 0.252. The number of pyridine rings is 1. The van der Waals surface area contributed by atoms with E-state index in [0.29, 0.717) is 23.8 Å². The van der Waals surface area contributed by atoms with Crippen LogP contribution in [-0.2, 0) is 0 Å². The van der Waals surface area contributed by atoms with Crippen molar-refractivity contribution in [3.05, 3.63) is 41.3 Å². The molecule has 0 spiro atoms. The molecule has 112 valence electrons. The third kappa shape index (κ3) is 2.91. The quantitative estimate of drug-likeness (QED) is 0.751. The molecule has 3 aromatic rings. The molecule has 0 aliphatic heterocycles. The summed E-state index contributed by atoms with van der Waals surface area (Å²) in [6, 6.07) is 5.23. The summed E-state index contributed by atoms with van der Waals surface area (Å²) < 4.78 is 2.69. The molecule has 0 aromatic carbocycles. The van der Waals surface area contributed by atoms with Crippen molar-refractivity contribution < 1.29 is 4.79 Å². The fourth-order valence-electron chi connectivity index (χ4n) is 2.04. The Morgan fingerprint density at radius 3 is 2.82 bits per heavy atom. The maximum atomic E-state index is 11.6. The van der Waals surface area contributed by atoms with Crippen molar-refractivity contribution in [2.45, 2.75) is 6.92 Å². The van der Waals surface area contributed by atoms with Crippen LogP contribution in [0.1, 0.15) is 6.92 Å². The van der Waals surface area contributed by atoms with Gasteiger partial charge in [-0.15, -0.1) is 0 Å². The van der Waals surface area contributed by atoms with Gasteiger partial charge in [0.1, 0.15) is 5.65 Å². The molecule has 3 aromatic heterocycles. The Morgan fingerprint density at radius 2 is 2.09 bits per heavy atom. The third-order valence-electron chi connectivity index (χ3n) is 2.91. The molecule has 0 atom stereocenters. The predicted molar refractivity (Wildman–Crippen MR) is 86.6 cm³/mol. The van der Waals surface area contributed by atoms with Crippen LogP contribution in [0, 0.1) is 0 Å². The second-order valence-electron chi connectivity index (χ2n) is 4.47. The molecular weight excluding hydrogens is 348 g/mol. The molecule has 22 heavy (non-hydrogen) atoms. The number of rotatable bonds is 3. The van der Waals surface area contributed by atoms with E-state index in [-0.39, 0.29) is 6.03 Å². The first kappa shape index (κ1) is 14.5. The number of hydrogen-bond donors (Lipinski definition) is 2. The maximum absolute atomic E-state index is 11.6.